The summed E-state index contributed by atoms with van der Waals surface area (Å²) in [5.74, 6) is 0.566. The van der Waals surface area contributed by atoms with E-state index in [0.717, 1.165) is 5.56 Å². The molecule has 2 rings (SSSR count). The van der Waals surface area contributed by atoms with Crippen LogP contribution in [-0.2, 0) is 12.3 Å². The summed E-state index contributed by atoms with van der Waals surface area (Å²) in [6.07, 6.45) is 0. The minimum Gasteiger partial charge on any atom is -0.383 e. The molecule has 1 aromatic carbocycles. The van der Waals surface area contributed by atoms with E-state index in [4.69, 9.17) is 0 Å². The van der Waals surface area contributed by atoms with Crippen LogP contribution in [0.15, 0.2) is 28.2 Å². The van der Waals surface area contributed by atoms with E-state index in [1.165, 1.54) is 22.4 Å². The molecular weight excluding hydrogens is 294 g/mol. The molecule has 8 nitrogen and oxygen atoms in total. The average Bonchev–Trinajstić information content (AvgIpc) is 2.84. The van der Waals surface area contributed by atoms with Crippen molar-refractivity contribution in [3.8, 4) is 0 Å². The van der Waals surface area contributed by atoms with E-state index in [1.807, 2.05) is 6.92 Å². The topological polar surface area (TPSA) is 106 Å². The van der Waals surface area contributed by atoms with Crippen LogP contribution in [0.1, 0.15) is 12.5 Å². The van der Waals surface area contributed by atoms with Gasteiger partial charge >= 0.3 is 5.69 Å². The fourth-order valence-electron chi connectivity index (χ4n) is 1.87. The second-order valence-electron chi connectivity index (χ2n) is 4.20. The number of hydrogen-bond donors (Lipinski definition) is 2. The van der Waals surface area contributed by atoms with Gasteiger partial charge in [0.15, 0.2) is 5.16 Å². The van der Waals surface area contributed by atoms with Crippen molar-refractivity contribution in [2.24, 2.45) is 0 Å². The van der Waals surface area contributed by atoms with E-state index in [1.54, 1.807) is 19.2 Å². The Morgan fingerprint density at radius 2 is 2.29 bits per heavy atom. The van der Waals surface area contributed by atoms with Crippen molar-refractivity contribution in [3.63, 3.8) is 0 Å². The summed E-state index contributed by atoms with van der Waals surface area (Å²) in [7, 11) is 1.64. The molecule has 1 aromatic heterocycles. The lowest BCUT2D eigenvalue weighted by Crippen LogP contribution is -2.16. The summed E-state index contributed by atoms with van der Waals surface area (Å²) in [4.78, 5) is 21.9. The zero-order valence-corrected chi connectivity index (χ0v) is 12.4. The van der Waals surface area contributed by atoms with Crippen LogP contribution < -0.4 is 11.0 Å². The first-order valence-corrected chi connectivity index (χ1v) is 7.28. The van der Waals surface area contributed by atoms with Crippen molar-refractivity contribution in [2.45, 2.75) is 24.4 Å². The number of nitrogens with one attached hydrogen (secondary N) is 2. The highest BCUT2D eigenvalue weighted by Gasteiger charge is 2.13. The molecule has 0 radical (unpaired) electrons. The molecule has 2 aromatic rings. The maximum atomic E-state index is 11.4. The Balaban J connectivity index is 2.17. The molecule has 1 heterocycles. The number of aromatic nitrogens is 3. The van der Waals surface area contributed by atoms with E-state index in [9.17, 15) is 14.9 Å². The quantitative estimate of drug-likeness (QED) is 0.479. The number of nitrogens with zero attached hydrogens (tertiary/aromatic N) is 3. The fraction of sp³-hybridized carbons (Fsp3) is 0.333. The van der Waals surface area contributed by atoms with Crippen molar-refractivity contribution in [1.82, 2.24) is 14.8 Å². The zero-order valence-electron chi connectivity index (χ0n) is 11.6. The maximum Gasteiger partial charge on any atom is 0.343 e. The van der Waals surface area contributed by atoms with Gasteiger partial charge in [-0.05, 0) is 18.6 Å². The summed E-state index contributed by atoms with van der Waals surface area (Å²) in [6.45, 7) is 2.41. The Morgan fingerprint density at radius 3 is 2.90 bits per heavy atom. The predicted molar refractivity (Wildman–Crippen MR) is 80.7 cm³/mol. The van der Waals surface area contributed by atoms with E-state index < -0.39 is 4.92 Å². The SMILES string of the molecule is CCn1c(SCc2ccc([N+](=O)[O-])c(NC)c2)n[nH]c1=O. The molecule has 0 amide bonds. The molecule has 9 heteroatoms. The fourth-order valence-corrected chi connectivity index (χ4v) is 2.83. The van der Waals surface area contributed by atoms with Crippen LogP contribution in [-0.4, -0.2) is 26.7 Å². The van der Waals surface area contributed by atoms with Crippen molar-refractivity contribution < 1.29 is 4.92 Å². The summed E-state index contributed by atoms with van der Waals surface area (Å²) < 4.78 is 1.54. The molecule has 0 saturated heterocycles. The summed E-state index contributed by atoms with van der Waals surface area (Å²) in [5, 5.41) is 20.6. The Hall–Kier alpha value is -2.29. The van der Waals surface area contributed by atoms with Gasteiger partial charge in [0, 0.05) is 25.4 Å². The zero-order chi connectivity index (χ0) is 15.4. The Kier molecular flexibility index (Phi) is 4.63. The summed E-state index contributed by atoms with van der Waals surface area (Å²) in [5.41, 5.74) is 1.18. The van der Waals surface area contributed by atoms with Gasteiger partial charge in [0.1, 0.15) is 5.69 Å². The van der Waals surface area contributed by atoms with Crippen molar-refractivity contribution in [1.29, 1.82) is 0 Å². The highest BCUT2D eigenvalue weighted by Crippen LogP contribution is 2.28. The van der Waals surface area contributed by atoms with Gasteiger partial charge in [-0.2, -0.15) is 0 Å². The highest BCUT2D eigenvalue weighted by atomic mass is 32.2. The molecular formula is C12H15N5O3S. The van der Waals surface area contributed by atoms with Crippen LogP contribution in [0.3, 0.4) is 0 Å². The van der Waals surface area contributed by atoms with Crippen LogP contribution in [0.25, 0.3) is 0 Å². The summed E-state index contributed by atoms with van der Waals surface area (Å²) in [6, 6.07) is 4.90. The third-order valence-electron chi connectivity index (χ3n) is 2.93. The van der Waals surface area contributed by atoms with Crippen LogP contribution in [0.2, 0.25) is 0 Å². The smallest absolute Gasteiger partial charge is 0.343 e. The maximum absolute atomic E-state index is 11.4. The number of nitro benzene ring substituents is 1. The van der Waals surface area contributed by atoms with E-state index in [0.29, 0.717) is 23.1 Å². The number of anilines is 1. The van der Waals surface area contributed by atoms with Gasteiger partial charge in [-0.3, -0.25) is 14.7 Å². The normalized spacial score (nSPS) is 10.6. The molecule has 21 heavy (non-hydrogen) atoms. The molecule has 0 spiro atoms. The number of thioether (sulfide) groups is 1. The molecule has 0 fully saturated rings. The second kappa shape index (κ2) is 6.44. The first-order valence-electron chi connectivity index (χ1n) is 6.30. The highest BCUT2D eigenvalue weighted by molar-refractivity contribution is 7.98. The average molecular weight is 309 g/mol. The van der Waals surface area contributed by atoms with E-state index >= 15 is 0 Å². The summed E-state index contributed by atoms with van der Waals surface area (Å²) >= 11 is 1.40. The van der Waals surface area contributed by atoms with Gasteiger partial charge in [-0.15, -0.1) is 5.10 Å². The molecule has 2 N–H and O–H groups in total. The first-order chi connectivity index (χ1) is 10.1. The Labute approximate surface area is 124 Å². The number of hydrogen-bond acceptors (Lipinski definition) is 6. The van der Waals surface area contributed by atoms with Crippen LogP contribution in [0.4, 0.5) is 11.4 Å². The van der Waals surface area contributed by atoms with E-state index in [-0.39, 0.29) is 11.4 Å². The van der Waals surface area contributed by atoms with Crippen molar-refractivity contribution in [3.05, 3.63) is 44.4 Å². The third-order valence-corrected chi connectivity index (χ3v) is 3.98. The van der Waals surface area contributed by atoms with Crippen molar-refractivity contribution >= 4 is 23.1 Å². The van der Waals surface area contributed by atoms with Gasteiger partial charge in [0.25, 0.3) is 5.69 Å². The molecule has 0 saturated carbocycles. The number of aromatic amines is 1. The third kappa shape index (κ3) is 3.24. The minimum absolute atomic E-state index is 0.0384. The van der Waals surface area contributed by atoms with E-state index in [2.05, 4.69) is 15.5 Å². The molecule has 0 bridgehead atoms. The minimum atomic E-state index is -0.425. The van der Waals surface area contributed by atoms with Gasteiger partial charge in [-0.1, -0.05) is 17.8 Å². The molecule has 0 aliphatic heterocycles. The lowest BCUT2D eigenvalue weighted by atomic mass is 10.2. The lowest BCUT2D eigenvalue weighted by molar-refractivity contribution is -0.383. The van der Waals surface area contributed by atoms with Crippen LogP contribution in [0.5, 0.6) is 0 Å². The van der Waals surface area contributed by atoms with Crippen molar-refractivity contribution in [2.75, 3.05) is 12.4 Å². The molecule has 112 valence electrons. The number of rotatable bonds is 6. The van der Waals surface area contributed by atoms with Crippen LogP contribution >= 0.6 is 11.8 Å². The number of nitro groups is 1. The monoisotopic (exact) mass is 309 g/mol. The van der Waals surface area contributed by atoms with Crippen LogP contribution in [0, 0.1) is 10.1 Å². The second-order valence-corrected chi connectivity index (χ2v) is 5.15. The molecule has 0 aliphatic rings. The number of benzene rings is 1. The number of H-pyrrole nitrogens is 1. The van der Waals surface area contributed by atoms with Gasteiger partial charge in [0.05, 0.1) is 4.92 Å². The van der Waals surface area contributed by atoms with Gasteiger partial charge in [-0.25, -0.2) is 9.89 Å². The predicted octanol–water partition coefficient (Wildman–Crippen LogP) is 1.83. The lowest BCUT2D eigenvalue weighted by Gasteiger charge is -2.06. The Bertz CT molecular complexity index is 709. The first kappa shape index (κ1) is 15.1. The Morgan fingerprint density at radius 1 is 1.52 bits per heavy atom. The molecule has 0 unspecified atom stereocenters. The standard InChI is InChI=1S/C12H15N5O3S/c1-3-16-11(18)14-15-12(16)21-7-8-4-5-10(17(19)20)9(6-8)13-2/h4-6,13H,3,7H2,1-2H3,(H,14,18). The molecule has 0 atom stereocenters. The van der Waals surface area contributed by atoms with Gasteiger partial charge in [0.2, 0.25) is 0 Å². The molecule has 0 aliphatic carbocycles. The largest absolute Gasteiger partial charge is 0.383 e. The van der Waals surface area contributed by atoms with Gasteiger partial charge < -0.3 is 5.32 Å².